The first-order valence-electron chi connectivity index (χ1n) is 4.77. The Labute approximate surface area is 87.5 Å². The molecule has 0 aromatic heterocycles. The van der Waals surface area contributed by atoms with Crippen LogP contribution in [0.4, 0.5) is 0 Å². The minimum absolute atomic E-state index is 0. The molecule has 0 heterocycles. The van der Waals surface area contributed by atoms with Crippen LogP contribution in [0.3, 0.4) is 0 Å². The fourth-order valence-corrected chi connectivity index (χ4v) is 1.38. The quantitative estimate of drug-likeness (QED) is 0.723. The molecule has 0 amide bonds. The van der Waals surface area contributed by atoms with Crippen molar-refractivity contribution in [2.24, 2.45) is 16.7 Å². The van der Waals surface area contributed by atoms with Crippen LogP contribution in [0.15, 0.2) is 0 Å². The van der Waals surface area contributed by atoms with Gasteiger partial charge in [0.25, 0.3) is 0 Å². The third-order valence-electron chi connectivity index (χ3n) is 2.16. The van der Waals surface area contributed by atoms with Gasteiger partial charge in [-0.1, -0.05) is 41.5 Å². The molecule has 0 fully saturated rings. The number of carbonyl (C=O) groups is 1. The van der Waals surface area contributed by atoms with E-state index in [2.05, 4.69) is 20.8 Å². The smallest absolute Gasteiger partial charge is 0.307 e. The third-order valence-corrected chi connectivity index (χ3v) is 2.16. The highest BCUT2D eigenvalue weighted by Gasteiger charge is 2.34. The zero-order chi connectivity index (χ0) is 10.9. The van der Waals surface area contributed by atoms with Gasteiger partial charge in [0.15, 0.2) is 0 Å². The molecule has 0 saturated carbocycles. The Bertz CT molecular complexity index is 186. The Morgan fingerprint density at radius 1 is 1.14 bits per heavy atom. The van der Waals surface area contributed by atoms with Gasteiger partial charge in [0, 0.05) is 0 Å². The van der Waals surface area contributed by atoms with Crippen LogP contribution >= 0.6 is 0 Å². The summed E-state index contributed by atoms with van der Waals surface area (Å²) >= 11 is 0. The fraction of sp³-hybridized carbons (Fsp3) is 0.909. The number of aliphatic carboxylic acids is 1. The van der Waals surface area contributed by atoms with Crippen LogP contribution in [0, 0.1) is 16.7 Å². The molecule has 0 aromatic rings. The van der Waals surface area contributed by atoms with Crippen LogP contribution in [0.5, 0.6) is 0 Å². The summed E-state index contributed by atoms with van der Waals surface area (Å²) in [5.41, 5.74) is -0.0740. The summed E-state index contributed by atoms with van der Waals surface area (Å²) in [5, 5.41) is 9.07. The summed E-state index contributed by atoms with van der Waals surface area (Å²) < 4.78 is 0. The first kappa shape index (κ1) is 15.9. The van der Waals surface area contributed by atoms with Gasteiger partial charge in [-0.15, -0.1) is 0 Å². The maximum absolute atomic E-state index is 11.0. The summed E-state index contributed by atoms with van der Waals surface area (Å²) in [7, 11) is 0. The standard InChI is InChI=1S/C11H22O2.H3N/c1-10(2,3)7-8(9(12)13)11(4,5)6;/h8H,7H2,1-6H3,(H,12,13);1H3. The van der Waals surface area contributed by atoms with E-state index >= 15 is 0 Å². The summed E-state index contributed by atoms with van der Waals surface area (Å²) in [6.07, 6.45) is 0.728. The highest BCUT2D eigenvalue weighted by molar-refractivity contribution is 5.70. The molecule has 0 aliphatic carbocycles. The van der Waals surface area contributed by atoms with Gasteiger partial charge in [0.05, 0.1) is 5.92 Å². The molecule has 0 aliphatic heterocycles. The molecule has 0 aliphatic rings. The topological polar surface area (TPSA) is 72.3 Å². The van der Waals surface area contributed by atoms with Gasteiger partial charge in [-0.3, -0.25) is 4.79 Å². The van der Waals surface area contributed by atoms with Crippen molar-refractivity contribution in [3.05, 3.63) is 0 Å². The second kappa shape index (κ2) is 4.78. The highest BCUT2D eigenvalue weighted by atomic mass is 16.4. The number of carboxylic acids is 1. The monoisotopic (exact) mass is 203 g/mol. The van der Waals surface area contributed by atoms with E-state index in [0.717, 1.165) is 6.42 Å². The van der Waals surface area contributed by atoms with Crippen LogP contribution in [0.2, 0.25) is 0 Å². The summed E-state index contributed by atoms with van der Waals surface area (Å²) in [4.78, 5) is 11.0. The third kappa shape index (κ3) is 5.97. The zero-order valence-electron chi connectivity index (χ0n) is 10.3. The van der Waals surface area contributed by atoms with Crippen molar-refractivity contribution in [3.8, 4) is 0 Å². The molecule has 0 rings (SSSR count). The lowest BCUT2D eigenvalue weighted by molar-refractivity contribution is -0.146. The summed E-state index contributed by atoms with van der Waals surface area (Å²) in [5.74, 6) is -0.935. The Morgan fingerprint density at radius 2 is 1.50 bits per heavy atom. The molecule has 86 valence electrons. The Balaban J connectivity index is 0. The minimum atomic E-state index is -0.678. The van der Waals surface area contributed by atoms with Crippen LogP contribution in [-0.2, 0) is 4.79 Å². The molecule has 0 spiro atoms. The Morgan fingerprint density at radius 3 is 1.57 bits per heavy atom. The lowest BCUT2D eigenvalue weighted by Crippen LogP contribution is -2.32. The molecule has 4 N–H and O–H groups in total. The molecule has 0 bridgehead atoms. The largest absolute Gasteiger partial charge is 0.481 e. The van der Waals surface area contributed by atoms with Crippen LogP contribution < -0.4 is 6.15 Å². The van der Waals surface area contributed by atoms with E-state index < -0.39 is 5.97 Å². The van der Waals surface area contributed by atoms with Gasteiger partial charge < -0.3 is 11.3 Å². The van der Waals surface area contributed by atoms with Crippen molar-refractivity contribution in [1.29, 1.82) is 0 Å². The zero-order valence-corrected chi connectivity index (χ0v) is 10.3. The fourth-order valence-electron chi connectivity index (χ4n) is 1.38. The number of hydrogen-bond acceptors (Lipinski definition) is 2. The molecule has 3 nitrogen and oxygen atoms in total. The number of rotatable bonds is 2. The molecular weight excluding hydrogens is 178 g/mol. The molecule has 14 heavy (non-hydrogen) atoms. The van der Waals surface area contributed by atoms with Crippen molar-refractivity contribution < 1.29 is 9.90 Å². The van der Waals surface area contributed by atoms with E-state index in [-0.39, 0.29) is 22.9 Å². The SMILES string of the molecule is CC(C)(C)CC(C(=O)O)C(C)(C)C.N. The van der Waals surface area contributed by atoms with Gasteiger partial charge >= 0.3 is 5.97 Å². The highest BCUT2D eigenvalue weighted by Crippen LogP contribution is 2.35. The lowest BCUT2D eigenvalue weighted by Gasteiger charge is -2.32. The second-order valence-corrected chi connectivity index (χ2v) is 6.02. The number of hydrogen-bond donors (Lipinski definition) is 2. The average molecular weight is 203 g/mol. The molecule has 3 heteroatoms. The average Bonchev–Trinajstić information content (AvgIpc) is 1.77. The first-order chi connectivity index (χ1) is 5.54. The summed E-state index contributed by atoms with van der Waals surface area (Å²) in [6, 6.07) is 0. The van der Waals surface area contributed by atoms with Gasteiger partial charge in [-0.2, -0.15) is 0 Å². The molecular formula is C11H25NO2. The van der Waals surface area contributed by atoms with Gasteiger partial charge in [-0.25, -0.2) is 0 Å². The molecule has 0 aromatic carbocycles. The van der Waals surface area contributed by atoms with E-state index in [1.807, 2.05) is 20.8 Å². The van der Waals surface area contributed by atoms with Crippen LogP contribution in [-0.4, -0.2) is 11.1 Å². The van der Waals surface area contributed by atoms with Gasteiger partial charge in [0.2, 0.25) is 0 Å². The maximum Gasteiger partial charge on any atom is 0.307 e. The number of carboxylic acid groups (broad SMARTS) is 1. The van der Waals surface area contributed by atoms with Crippen molar-refractivity contribution in [2.45, 2.75) is 48.0 Å². The van der Waals surface area contributed by atoms with E-state index in [9.17, 15) is 4.79 Å². The second-order valence-electron chi connectivity index (χ2n) is 6.02. The van der Waals surface area contributed by atoms with Crippen molar-refractivity contribution >= 4 is 5.97 Å². The molecule has 1 atom stereocenters. The van der Waals surface area contributed by atoms with Crippen molar-refractivity contribution in [2.75, 3.05) is 0 Å². The van der Waals surface area contributed by atoms with E-state index in [0.29, 0.717) is 0 Å². The normalized spacial score (nSPS) is 14.4. The van der Waals surface area contributed by atoms with E-state index in [1.54, 1.807) is 0 Å². The molecule has 0 saturated heterocycles. The van der Waals surface area contributed by atoms with Crippen molar-refractivity contribution in [3.63, 3.8) is 0 Å². The Kier molecular flexibility index (Phi) is 5.42. The van der Waals surface area contributed by atoms with Gasteiger partial charge in [-0.05, 0) is 17.3 Å². The predicted octanol–water partition coefficient (Wildman–Crippen LogP) is 3.33. The maximum atomic E-state index is 11.0. The van der Waals surface area contributed by atoms with Crippen LogP contribution in [0.25, 0.3) is 0 Å². The lowest BCUT2D eigenvalue weighted by atomic mass is 9.72. The van der Waals surface area contributed by atoms with Crippen molar-refractivity contribution in [1.82, 2.24) is 6.15 Å². The van der Waals surface area contributed by atoms with Crippen LogP contribution in [0.1, 0.15) is 48.0 Å². The van der Waals surface area contributed by atoms with E-state index in [4.69, 9.17) is 5.11 Å². The summed E-state index contributed by atoms with van der Waals surface area (Å²) in [6.45, 7) is 12.2. The van der Waals surface area contributed by atoms with E-state index in [1.165, 1.54) is 0 Å². The molecule has 0 radical (unpaired) electrons. The minimum Gasteiger partial charge on any atom is -0.481 e. The van der Waals surface area contributed by atoms with Gasteiger partial charge in [0.1, 0.15) is 0 Å². The first-order valence-corrected chi connectivity index (χ1v) is 4.77. The Hall–Kier alpha value is -0.570. The predicted molar refractivity (Wildman–Crippen MR) is 59.7 cm³/mol. The molecule has 1 unspecified atom stereocenters.